The normalized spacial score (nSPS) is 20.7. The predicted molar refractivity (Wildman–Crippen MR) is 150 cm³/mol. The molecule has 194 valence electrons. The van der Waals surface area contributed by atoms with Crippen LogP contribution in [-0.2, 0) is 4.79 Å². The van der Waals surface area contributed by atoms with Crippen LogP contribution < -0.4 is 4.74 Å². The second-order valence-corrected chi connectivity index (χ2v) is 10.3. The second kappa shape index (κ2) is 15.2. The number of aliphatic hydroxyl groups excluding tert-OH is 1. The lowest BCUT2D eigenvalue weighted by Crippen LogP contribution is -2.38. The van der Waals surface area contributed by atoms with Gasteiger partial charge in [0.15, 0.2) is 0 Å². The van der Waals surface area contributed by atoms with Crippen molar-refractivity contribution in [3.05, 3.63) is 59.3 Å². The number of aryl methyl sites for hydroxylation is 1. The van der Waals surface area contributed by atoms with E-state index in [-0.39, 0.29) is 18.3 Å². The quantitative estimate of drug-likeness (QED) is 0.474. The number of carbonyl (C=O) groups is 1. The van der Waals surface area contributed by atoms with Crippen molar-refractivity contribution in [1.82, 2.24) is 9.80 Å². The number of allylic oxidation sites excluding steroid dienone is 2. The van der Waals surface area contributed by atoms with Crippen molar-refractivity contribution >= 4 is 19.8 Å². The SMILES string of the molecule is CC.CCCC.COc1ccc(C2=CC(=O)N3C=C(C4CCN(CCO)CC4)C=CC3P2)cc1C. The fraction of sp³-hybridized carbons (Fsp3) is 0.552. The summed E-state index contributed by atoms with van der Waals surface area (Å²) >= 11 is 0. The first-order chi connectivity index (χ1) is 17.0. The summed E-state index contributed by atoms with van der Waals surface area (Å²) in [4.78, 5) is 17.1. The minimum atomic E-state index is 0.0665. The molecule has 1 amide bonds. The van der Waals surface area contributed by atoms with Crippen LogP contribution in [0.3, 0.4) is 0 Å². The highest BCUT2D eigenvalue weighted by Gasteiger charge is 2.31. The van der Waals surface area contributed by atoms with Gasteiger partial charge < -0.3 is 19.6 Å². The number of carbonyl (C=O) groups excluding carboxylic acids is 1. The standard InChI is InChI=1S/C23H29N2O3P.C4H10.C2H6/c1-16-13-18(3-5-20(16)28-2)21-14-22(27)25-15-19(4-6-23(25)29-21)17-7-9-24(10-8-17)11-12-26;1-3-4-2;1-2/h3-6,13-15,17,23,26,29H,7-12H2,1-2H3;3-4H2,1-2H3;1-2H3. The first-order valence-electron chi connectivity index (χ1n) is 13.2. The lowest BCUT2D eigenvalue weighted by molar-refractivity contribution is -0.123. The Kier molecular flexibility index (Phi) is 12.7. The number of amides is 1. The number of nitrogens with zero attached hydrogens (tertiary/aromatic N) is 2. The molecule has 35 heavy (non-hydrogen) atoms. The third-order valence-corrected chi connectivity index (χ3v) is 8.08. The van der Waals surface area contributed by atoms with Crippen molar-refractivity contribution < 1.29 is 14.6 Å². The van der Waals surface area contributed by atoms with Gasteiger partial charge in [0.2, 0.25) is 0 Å². The highest BCUT2D eigenvalue weighted by Crippen LogP contribution is 2.45. The summed E-state index contributed by atoms with van der Waals surface area (Å²) in [6.07, 6.45) is 13.1. The summed E-state index contributed by atoms with van der Waals surface area (Å²) in [5.74, 6) is 1.55. The first kappa shape index (κ1) is 29.3. The molecule has 4 rings (SSSR count). The van der Waals surface area contributed by atoms with Crippen LogP contribution in [-0.4, -0.2) is 59.9 Å². The third kappa shape index (κ3) is 8.03. The zero-order valence-corrected chi connectivity index (χ0v) is 23.5. The average molecular weight is 501 g/mol. The van der Waals surface area contributed by atoms with Crippen LogP contribution in [0.15, 0.2) is 48.2 Å². The second-order valence-electron chi connectivity index (χ2n) is 8.90. The molecule has 1 N–H and O–H groups in total. The number of hydrogen-bond acceptors (Lipinski definition) is 4. The van der Waals surface area contributed by atoms with Crippen molar-refractivity contribution in [2.24, 2.45) is 5.92 Å². The van der Waals surface area contributed by atoms with Crippen molar-refractivity contribution in [2.75, 3.05) is 33.4 Å². The molecule has 1 saturated heterocycles. The van der Waals surface area contributed by atoms with E-state index in [2.05, 4.69) is 43.2 Å². The van der Waals surface area contributed by atoms with Crippen LogP contribution >= 0.6 is 8.58 Å². The summed E-state index contributed by atoms with van der Waals surface area (Å²) in [6, 6.07) is 6.13. The summed E-state index contributed by atoms with van der Waals surface area (Å²) in [7, 11) is 2.21. The van der Waals surface area contributed by atoms with Gasteiger partial charge >= 0.3 is 0 Å². The molecule has 2 unspecified atom stereocenters. The summed E-state index contributed by atoms with van der Waals surface area (Å²) in [5, 5.41) is 10.2. The van der Waals surface area contributed by atoms with E-state index in [4.69, 9.17) is 9.84 Å². The van der Waals surface area contributed by atoms with E-state index in [9.17, 15) is 4.79 Å². The van der Waals surface area contributed by atoms with Crippen LogP contribution in [0, 0.1) is 12.8 Å². The molecule has 2 atom stereocenters. The molecular formula is C29H45N2O3P. The molecule has 0 bridgehead atoms. The van der Waals surface area contributed by atoms with Gasteiger partial charge in [-0.05, 0) is 72.9 Å². The average Bonchev–Trinajstić information content (AvgIpc) is 2.90. The maximum Gasteiger partial charge on any atom is 0.252 e. The molecule has 0 aliphatic carbocycles. The Hall–Kier alpha value is -1.94. The lowest BCUT2D eigenvalue weighted by atomic mass is 9.88. The minimum Gasteiger partial charge on any atom is -0.496 e. The molecule has 3 aliphatic heterocycles. The summed E-state index contributed by atoms with van der Waals surface area (Å²) < 4.78 is 5.36. The molecule has 1 aromatic rings. The van der Waals surface area contributed by atoms with Crippen LogP contribution in [0.25, 0.3) is 5.31 Å². The number of rotatable bonds is 6. The molecule has 3 heterocycles. The Balaban J connectivity index is 0.000000655. The Bertz CT molecular complexity index is 899. The summed E-state index contributed by atoms with van der Waals surface area (Å²) in [6.45, 7) is 13.4. The van der Waals surface area contributed by atoms with E-state index in [1.165, 1.54) is 18.4 Å². The molecular weight excluding hydrogens is 455 g/mol. The Morgan fingerprint density at radius 1 is 1.14 bits per heavy atom. The van der Waals surface area contributed by atoms with Crippen LogP contribution in [0.5, 0.6) is 5.75 Å². The zero-order chi connectivity index (χ0) is 25.8. The number of aliphatic hydroxyl groups is 1. The highest BCUT2D eigenvalue weighted by atomic mass is 31.1. The molecule has 5 nitrogen and oxygen atoms in total. The number of unbranched alkanes of at least 4 members (excludes halogenated alkanes) is 1. The van der Waals surface area contributed by atoms with Crippen molar-refractivity contribution in [2.45, 2.75) is 66.1 Å². The Morgan fingerprint density at radius 3 is 2.40 bits per heavy atom. The van der Waals surface area contributed by atoms with Gasteiger partial charge in [-0.2, -0.15) is 0 Å². The van der Waals surface area contributed by atoms with Gasteiger partial charge in [-0.1, -0.05) is 67.3 Å². The maximum atomic E-state index is 12.9. The number of methoxy groups -OCH3 is 1. The van der Waals surface area contributed by atoms with E-state index in [0.717, 1.165) is 54.7 Å². The molecule has 0 aromatic heterocycles. The number of ether oxygens (including phenoxy) is 1. The largest absolute Gasteiger partial charge is 0.496 e. The first-order valence-corrected chi connectivity index (χ1v) is 14.3. The van der Waals surface area contributed by atoms with Gasteiger partial charge in [0.1, 0.15) is 5.75 Å². The fourth-order valence-electron chi connectivity index (χ4n) is 4.38. The van der Waals surface area contributed by atoms with E-state index in [1.54, 1.807) is 13.2 Å². The number of likely N-dealkylation sites (tertiary alicyclic amines) is 1. The minimum absolute atomic E-state index is 0.0665. The van der Waals surface area contributed by atoms with Crippen LogP contribution in [0.4, 0.5) is 0 Å². The van der Waals surface area contributed by atoms with Gasteiger partial charge in [-0.3, -0.25) is 4.79 Å². The zero-order valence-electron chi connectivity index (χ0n) is 22.5. The number of fused-ring (bicyclic) bond motifs is 1. The van der Waals surface area contributed by atoms with Gasteiger partial charge in [-0.15, -0.1) is 0 Å². The summed E-state index contributed by atoms with van der Waals surface area (Å²) in [5.41, 5.74) is 3.45. The smallest absolute Gasteiger partial charge is 0.252 e. The topological polar surface area (TPSA) is 53.0 Å². The molecule has 3 aliphatic rings. The van der Waals surface area contributed by atoms with E-state index >= 15 is 0 Å². The van der Waals surface area contributed by atoms with Crippen molar-refractivity contribution in [3.8, 4) is 5.75 Å². The third-order valence-electron chi connectivity index (χ3n) is 6.57. The van der Waals surface area contributed by atoms with Gasteiger partial charge in [0.25, 0.3) is 5.91 Å². The molecule has 6 heteroatoms. The van der Waals surface area contributed by atoms with Gasteiger partial charge in [0.05, 0.1) is 19.5 Å². The predicted octanol–water partition coefficient (Wildman–Crippen LogP) is 6.18. The molecule has 1 fully saturated rings. The Labute approximate surface area is 214 Å². The van der Waals surface area contributed by atoms with E-state index < -0.39 is 0 Å². The lowest BCUT2D eigenvalue weighted by Gasteiger charge is -2.37. The molecule has 0 saturated carbocycles. The van der Waals surface area contributed by atoms with E-state index in [0.29, 0.717) is 14.5 Å². The maximum absolute atomic E-state index is 12.9. The molecule has 0 spiro atoms. The monoisotopic (exact) mass is 500 g/mol. The number of benzene rings is 1. The van der Waals surface area contributed by atoms with Gasteiger partial charge in [-0.25, -0.2) is 0 Å². The number of β-amino-alcohol motifs (C(OH)–C–C–N with tert-alkyl or cyclic N) is 1. The highest BCUT2D eigenvalue weighted by molar-refractivity contribution is 7.51. The number of hydrogen-bond donors (Lipinski definition) is 1. The Morgan fingerprint density at radius 2 is 1.83 bits per heavy atom. The molecule has 1 aromatic carbocycles. The van der Waals surface area contributed by atoms with Gasteiger partial charge in [0, 0.05) is 18.8 Å². The molecule has 0 radical (unpaired) electrons. The van der Waals surface area contributed by atoms with Crippen molar-refractivity contribution in [1.29, 1.82) is 0 Å². The van der Waals surface area contributed by atoms with E-state index in [1.807, 2.05) is 37.8 Å². The fourth-order valence-corrected chi connectivity index (χ4v) is 5.76. The number of piperidine rings is 1. The van der Waals surface area contributed by atoms with Crippen LogP contribution in [0.2, 0.25) is 0 Å². The van der Waals surface area contributed by atoms with Crippen LogP contribution in [0.1, 0.15) is 64.5 Å². The van der Waals surface area contributed by atoms with Crippen molar-refractivity contribution in [3.63, 3.8) is 0 Å².